The Morgan fingerprint density at radius 1 is 1.31 bits per heavy atom. The van der Waals surface area contributed by atoms with Gasteiger partial charge in [0, 0.05) is 8.07 Å². The van der Waals surface area contributed by atoms with Gasteiger partial charge in [0.25, 0.3) is 0 Å². The van der Waals surface area contributed by atoms with Crippen LogP contribution in [0.5, 0.6) is 0 Å². The van der Waals surface area contributed by atoms with E-state index in [0.29, 0.717) is 6.61 Å². The van der Waals surface area contributed by atoms with Crippen molar-refractivity contribution >= 4 is 14.2 Å². The molecule has 0 aromatic rings. The fourth-order valence-corrected chi connectivity index (χ4v) is 1.55. The van der Waals surface area contributed by atoms with Gasteiger partial charge in [0.1, 0.15) is 6.61 Å². The molecule has 0 aromatic heterocycles. The van der Waals surface area contributed by atoms with Crippen LogP contribution in [-0.2, 0) is 9.47 Å². The van der Waals surface area contributed by atoms with Crippen molar-refractivity contribution in [3.8, 4) is 0 Å². The fraction of sp³-hybridized carbons (Fsp3) is 0.667. The number of ether oxygens (including phenoxy) is 2. The van der Waals surface area contributed by atoms with Crippen molar-refractivity contribution in [2.45, 2.75) is 25.7 Å². The Labute approximate surface area is 80.7 Å². The van der Waals surface area contributed by atoms with Crippen LogP contribution < -0.4 is 0 Å². The van der Waals surface area contributed by atoms with Gasteiger partial charge in [0.05, 0.1) is 7.11 Å². The molecule has 0 unspecified atom stereocenters. The highest BCUT2D eigenvalue weighted by molar-refractivity contribution is 6.76. The first-order chi connectivity index (χ1) is 5.95. The molecule has 0 radical (unpaired) electrons. The van der Waals surface area contributed by atoms with Crippen LogP contribution in [0.15, 0.2) is 12.2 Å². The lowest BCUT2D eigenvalue weighted by molar-refractivity contribution is 0.0818. The minimum Gasteiger partial charge on any atom is -0.438 e. The van der Waals surface area contributed by atoms with Gasteiger partial charge in [-0.2, -0.15) is 0 Å². The lowest BCUT2D eigenvalue weighted by Crippen LogP contribution is -2.17. The van der Waals surface area contributed by atoms with Gasteiger partial charge < -0.3 is 9.47 Å². The van der Waals surface area contributed by atoms with E-state index in [1.165, 1.54) is 7.11 Å². The Morgan fingerprint density at radius 3 is 2.38 bits per heavy atom. The molecule has 0 atom stereocenters. The Kier molecular flexibility index (Phi) is 5.46. The zero-order valence-corrected chi connectivity index (χ0v) is 9.79. The molecule has 0 saturated heterocycles. The number of rotatable bonds is 4. The molecule has 3 nitrogen and oxygen atoms in total. The summed E-state index contributed by atoms with van der Waals surface area (Å²) in [6, 6.07) is 1.11. The van der Waals surface area contributed by atoms with Gasteiger partial charge in [-0.05, 0) is 6.04 Å². The first-order valence-corrected chi connectivity index (χ1v) is 8.02. The number of carbonyl (C=O) groups excluding carboxylic acids is 1. The van der Waals surface area contributed by atoms with E-state index in [4.69, 9.17) is 0 Å². The van der Waals surface area contributed by atoms with Gasteiger partial charge in [-0.25, -0.2) is 4.79 Å². The van der Waals surface area contributed by atoms with Crippen LogP contribution in [0, 0.1) is 0 Å². The van der Waals surface area contributed by atoms with Gasteiger partial charge in [-0.1, -0.05) is 31.8 Å². The second kappa shape index (κ2) is 5.80. The predicted molar refractivity (Wildman–Crippen MR) is 55.7 cm³/mol. The molecule has 0 bridgehead atoms. The summed E-state index contributed by atoms with van der Waals surface area (Å²) in [6.45, 7) is 7.17. The highest BCUT2D eigenvalue weighted by atomic mass is 28.3. The van der Waals surface area contributed by atoms with E-state index in [1.807, 2.05) is 6.08 Å². The number of allylic oxidation sites excluding steroid dienone is 1. The first-order valence-electron chi connectivity index (χ1n) is 4.31. The summed E-state index contributed by atoms with van der Waals surface area (Å²) in [7, 11) is 0.298. The Morgan fingerprint density at radius 2 is 1.92 bits per heavy atom. The highest BCUT2D eigenvalue weighted by Gasteiger charge is 2.09. The predicted octanol–water partition coefficient (Wildman–Crippen LogP) is 2.66. The third kappa shape index (κ3) is 9.14. The molecule has 0 aliphatic rings. The second-order valence-electron chi connectivity index (χ2n) is 4.00. The average molecular weight is 202 g/mol. The first kappa shape index (κ1) is 12.2. The summed E-state index contributed by atoms with van der Waals surface area (Å²) >= 11 is 0. The van der Waals surface area contributed by atoms with Crippen molar-refractivity contribution in [1.29, 1.82) is 0 Å². The van der Waals surface area contributed by atoms with Crippen molar-refractivity contribution in [3.63, 3.8) is 0 Å². The van der Waals surface area contributed by atoms with E-state index in [9.17, 15) is 4.79 Å². The monoisotopic (exact) mass is 202 g/mol. The van der Waals surface area contributed by atoms with Crippen LogP contribution in [0.3, 0.4) is 0 Å². The summed E-state index contributed by atoms with van der Waals surface area (Å²) in [5, 5.41) is 0. The van der Waals surface area contributed by atoms with Gasteiger partial charge in [-0.3, -0.25) is 0 Å². The van der Waals surface area contributed by atoms with Gasteiger partial charge >= 0.3 is 6.16 Å². The van der Waals surface area contributed by atoms with Crippen molar-refractivity contribution in [1.82, 2.24) is 0 Å². The van der Waals surface area contributed by atoms with E-state index >= 15 is 0 Å². The minimum atomic E-state index is -1.00. The highest BCUT2D eigenvalue weighted by Crippen LogP contribution is 2.07. The molecule has 0 aromatic carbocycles. The van der Waals surface area contributed by atoms with Crippen LogP contribution in [0.25, 0.3) is 0 Å². The quantitative estimate of drug-likeness (QED) is 0.399. The third-order valence-corrected chi connectivity index (χ3v) is 2.82. The lowest BCUT2D eigenvalue weighted by atomic mass is 10.5. The molecular formula is C9H18O3Si. The number of methoxy groups -OCH3 is 1. The summed E-state index contributed by atoms with van der Waals surface area (Å²) in [5.74, 6) is 0. The zero-order valence-electron chi connectivity index (χ0n) is 8.79. The summed E-state index contributed by atoms with van der Waals surface area (Å²) in [4.78, 5) is 10.5. The molecule has 0 heterocycles. The fourth-order valence-electron chi connectivity index (χ4n) is 0.680. The molecule has 0 aliphatic heterocycles. The molecule has 0 N–H and O–H groups in total. The van der Waals surface area contributed by atoms with Crippen molar-refractivity contribution in [2.75, 3.05) is 13.7 Å². The molecule has 0 spiro atoms. The molecule has 76 valence electrons. The molecule has 0 amide bonds. The summed E-state index contributed by atoms with van der Waals surface area (Å²) in [5.41, 5.74) is 0. The molecule has 0 rings (SSSR count). The Hall–Kier alpha value is -0.773. The Balaban J connectivity index is 3.48. The summed E-state index contributed by atoms with van der Waals surface area (Å²) in [6.07, 6.45) is 3.29. The Bertz CT molecular complexity index is 182. The second-order valence-corrected chi connectivity index (χ2v) is 9.53. The van der Waals surface area contributed by atoms with E-state index in [-0.39, 0.29) is 0 Å². The maximum Gasteiger partial charge on any atom is 0.508 e. The van der Waals surface area contributed by atoms with Gasteiger partial charge in [0.15, 0.2) is 0 Å². The molecular weight excluding hydrogens is 184 g/mol. The van der Waals surface area contributed by atoms with Crippen LogP contribution in [0.1, 0.15) is 0 Å². The number of carbonyl (C=O) groups is 1. The normalized spacial score (nSPS) is 11.7. The van der Waals surface area contributed by atoms with Crippen LogP contribution in [0.2, 0.25) is 25.7 Å². The van der Waals surface area contributed by atoms with E-state index in [2.05, 4.69) is 35.2 Å². The maximum atomic E-state index is 10.5. The number of hydrogen-bond donors (Lipinski definition) is 0. The summed E-state index contributed by atoms with van der Waals surface area (Å²) < 4.78 is 8.98. The molecule has 4 heteroatoms. The number of hydrogen-bond acceptors (Lipinski definition) is 3. The van der Waals surface area contributed by atoms with Crippen LogP contribution in [-0.4, -0.2) is 27.9 Å². The topological polar surface area (TPSA) is 35.5 Å². The standard InChI is InChI=1S/C9H18O3Si/c1-11-9(10)12-7-5-6-8-13(2,3)4/h5-6H,7-8H2,1-4H3. The molecule has 0 fully saturated rings. The van der Waals surface area contributed by atoms with E-state index in [0.717, 1.165) is 6.04 Å². The smallest absolute Gasteiger partial charge is 0.438 e. The SMILES string of the molecule is COC(=O)OCC=CC[Si](C)(C)C. The van der Waals surface area contributed by atoms with Crippen LogP contribution >= 0.6 is 0 Å². The molecule has 0 saturated carbocycles. The van der Waals surface area contributed by atoms with Crippen LogP contribution in [0.4, 0.5) is 4.79 Å². The van der Waals surface area contributed by atoms with Crippen molar-refractivity contribution in [3.05, 3.63) is 12.2 Å². The maximum absolute atomic E-state index is 10.5. The van der Waals surface area contributed by atoms with Crippen molar-refractivity contribution < 1.29 is 14.3 Å². The van der Waals surface area contributed by atoms with Crippen molar-refractivity contribution in [2.24, 2.45) is 0 Å². The minimum absolute atomic E-state index is 0.303. The average Bonchev–Trinajstić information content (AvgIpc) is 2.01. The zero-order chi connectivity index (χ0) is 10.3. The van der Waals surface area contributed by atoms with E-state index < -0.39 is 14.2 Å². The lowest BCUT2D eigenvalue weighted by Gasteiger charge is -2.11. The molecule has 13 heavy (non-hydrogen) atoms. The van der Waals surface area contributed by atoms with Gasteiger partial charge in [0.2, 0.25) is 0 Å². The molecule has 0 aliphatic carbocycles. The van der Waals surface area contributed by atoms with Gasteiger partial charge in [-0.15, -0.1) is 0 Å². The largest absolute Gasteiger partial charge is 0.508 e. The third-order valence-electron chi connectivity index (χ3n) is 1.36. The van der Waals surface area contributed by atoms with E-state index in [1.54, 1.807) is 0 Å².